The van der Waals surface area contributed by atoms with E-state index in [4.69, 9.17) is 0 Å². The third kappa shape index (κ3) is 4.13. The van der Waals surface area contributed by atoms with Crippen LogP contribution in [0.2, 0.25) is 0 Å². The predicted molar refractivity (Wildman–Crippen MR) is 110 cm³/mol. The lowest BCUT2D eigenvalue weighted by atomic mass is 9.89. The number of aromatic nitrogens is 1. The van der Waals surface area contributed by atoms with Gasteiger partial charge >= 0.3 is 0 Å². The van der Waals surface area contributed by atoms with Crippen LogP contribution < -0.4 is 5.32 Å². The zero-order chi connectivity index (χ0) is 17.8. The molecule has 3 aromatic rings. The Bertz CT molecular complexity index is 828. The molecule has 138 valence electrons. The second kappa shape index (κ2) is 8.28. The van der Waals surface area contributed by atoms with Gasteiger partial charge in [-0.3, -0.25) is 0 Å². The maximum Gasteiger partial charge on any atom is 0.115 e. The summed E-state index contributed by atoms with van der Waals surface area (Å²) in [5.41, 5.74) is 4.09. The van der Waals surface area contributed by atoms with Crippen LogP contribution in [0.3, 0.4) is 0 Å². The molecule has 0 spiro atoms. The number of hydrogen-bond donors (Lipinski definition) is 2. The van der Waals surface area contributed by atoms with Crippen molar-refractivity contribution in [1.82, 2.24) is 9.88 Å². The second-order valence-electron chi connectivity index (χ2n) is 7.51. The van der Waals surface area contributed by atoms with Crippen LogP contribution in [0, 0.1) is 5.92 Å². The molecule has 0 unspecified atom stereocenters. The molecular formula is C22H28N2OS. The molecule has 4 heteroatoms. The maximum absolute atomic E-state index is 9.37. The van der Waals surface area contributed by atoms with E-state index in [-0.39, 0.29) is 0 Å². The lowest BCUT2D eigenvalue weighted by molar-refractivity contribution is 0.319. The first-order valence-corrected chi connectivity index (χ1v) is 10.7. The zero-order valence-corrected chi connectivity index (χ0v) is 16.1. The number of aromatic hydroxyl groups is 1. The lowest BCUT2D eigenvalue weighted by Gasteiger charge is -2.23. The van der Waals surface area contributed by atoms with Gasteiger partial charge in [-0.1, -0.05) is 31.4 Å². The van der Waals surface area contributed by atoms with Crippen LogP contribution in [0.25, 0.3) is 10.2 Å². The predicted octanol–water partition coefficient (Wildman–Crippen LogP) is 5.32. The SMILES string of the molecule is Oc1ccc(CCNCc2cc3sccc3n2CC2CCCCC2)cc1. The summed E-state index contributed by atoms with van der Waals surface area (Å²) in [5.74, 6) is 1.18. The molecule has 0 atom stereocenters. The number of nitrogens with zero attached hydrogens (tertiary/aromatic N) is 1. The van der Waals surface area contributed by atoms with Crippen LogP contribution in [-0.2, 0) is 19.5 Å². The van der Waals surface area contributed by atoms with E-state index in [1.807, 2.05) is 23.5 Å². The van der Waals surface area contributed by atoms with Crippen molar-refractivity contribution in [2.75, 3.05) is 6.54 Å². The molecule has 0 radical (unpaired) electrons. The van der Waals surface area contributed by atoms with Gasteiger partial charge in [0.25, 0.3) is 0 Å². The number of fused-ring (bicyclic) bond motifs is 1. The quantitative estimate of drug-likeness (QED) is 0.554. The molecule has 4 rings (SSSR count). The van der Waals surface area contributed by atoms with Crippen LogP contribution in [0.4, 0.5) is 0 Å². The van der Waals surface area contributed by atoms with Crippen LogP contribution in [0.1, 0.15) is 43.4 Å². The topological polar surface area (TPSA) is 37.2 Å². The highest BCUT2D eigenvalue weighted by molar-refractivity contribution is 7.17. The maximum atomic E-state index is 9.37. The number of phenols is 1. The monoisotopic (exact) mass is 368 g/mol. The number of rotatable bonds is 7. The van der Waals surface area contributed by atoms with Crippen molar-refractivity contribution in [1.29, 1.82) is 0 Å². The smallest absolute Gasteiger partial charge is 0.115 e. The molecule has 3 nitrogen and oxygen atoms in total. The van der Waals surface area contributed by atoms with Gasteiger partial charge in [-0.05, 0) is 66.9 Å². The van der Waals surface area contributed by atoms with E-state index in [1.165, 1.54) is 60.1 Å². The summed E-state index contributed by atoms with van der Waals surface area (Å²) in [7, 11) is 0. The third-order valence-corrected chi connectivity index (χ3v) is 6.46. The fourth-order valence-electron chi connectivity index (χ4n) is 4.13. The van der Waals surface area contributed by atoms with Crippen LogP contribution in [-0.4, -0.2) is 16.2 Å². The summed E-state index contributed by atoms with van der Waals surface area (Å²) in [6.45, 7) is 3.05. The zero-order valence-electron chi connectivity index (χ0n) is 15.3. The summed E-state index contributed by atoms with van der Waals surface area (Å²) in [5, 5.41) is 15.2. The lowest BCUT2D eigenvalue weighted by Crippen LogP contribution is -2.21. The normalized spacial score (nSPS) is 15.7. The molecule has 1 aromatic carbocycles. The molecule has 1 aliphatic carbocycles. The van der Waals surface area contributed by atoms with E-state index in [0.717, 1.165) is 25.4 Å². The molecule has 1 aliphatic rings. The van der Waals surface area contributed by atoms with Crippen molar-refractivity contribution in [2.45, 2.75) is 51.6 Å². The summed E-state index contributed by atoms with van der Waals surface area (Å²) < 4.78 is 3.98. The summed E-state index contributed by atoms with van der Waals surface area (Å²) in [4.78, 5) is 0. The number of phenolic OH excluding ortho intramolecular Hbond substituents is 1. The molecule has 0 saturated heterocycles. The minimum absolute atomic E-state index is 0.335. The van der Waals surface area contributed by atoms with Crippen molar-refractivity contribution in [2.24, 2.45) is 5.92 Å². The van der Waals surface area contributed by atoms with Gasteiger partial charge < -0.3 is 15.0 Å². The number of benzene rings is 1. The van der Waals surface area contributed by atoms with E-state index >= 15 is 0 Å². The molecular weight excluding hydrogens is 340 g/mol. The standard InChI is InChI=1S/C22H28N2OS/c25-20-8-6-17(7-9-20)10-12-23-15-19-14-22-21(11-13-26-22)24(19)16-18-4-2-1-3-5-18/h6-9,11,13-14,18,23,25H,1-5,10,12,15-16H2. The van der Waals surface area contributed by atoms with Crippen LogP contribution in [0.5, 0.6) is 5.75 Å². The fourth-order valence-corrected chi connectivity index (χ4v) is 4.98. The highest BCUT2D eigenvalue weighted by Gasteiger charge is 2.17. The Hall–Kier alpha value is -1.78. The third-order valence-electron chi connectivity index (χ3n) is 5.61. The van der Waals surface area contributed by atoms with Gasteiger partial charge in [-0.2, -0.15) is 0 Å². The molecule has 0 bridgehead atoms. The van der Waals surface area contributed by atoms with Gasteiger partial charge in [-0.25, -0.2) is 0 Å². The average molecular weight is 369 g/mol. The van der Waals surface area contributed by atoms with Gasteiger partial charge in [0.1, 0.15) is 5.75 Å². The van der Waals surface area contributed by atoms with Crippen LogP contribution in [0.15, 0.2) is 41.8 Å². The second-order valence-corrected chi connectivity index (χ2v) is 8.46. The molecule has 0 aliphatic heterocycles. The molecule has 0 amide bonds. The largest absolute Gasteiger partial charge is 0.508 e. The molecule has 1 fully saturated rings. The van der Waals surface area contributed by atoms with Gasteiger partial charge in [0.05, 0.1) is 10.2 Å². The number of thiophene rings is 1. The molecule has 26 heavy (non-hydrogen) atoms. The van der Waals surface area contributed by atoms with Gasteiger partial charge in [-0.15, -0.1) is 11.3 Å². The first-order chi connectivity index (χ1) is 12.8. The summed E-state index contributed by atoms with van der Waals surface area (Å²) in [6, 6.07) is 12.2. The Morgan fingerprint density at radius 3 is 2.69 bits per heavy atom. The molecule has 2 aromatic heterocycles. The van der Waals surface area contributed by atoms with E-state index in [1.54, 1.807) is 12.1 Å². The Labute approximate surface area is 159 Å². The van der Waals surface area contributed by atoms with Crippen LogP contribution >= 0.6 is 11.3 Å². The van der Waals surface area contributed by atoms with E-state index in [0.29, 0.717) is 5.75 Å². The van der Waals surface area contributed by atoms with Crippen molar-refractivity contribution >= 4 is 21.6 Å². The number of nitrogens with one attached hydrogen (secondary N) is 1. The minimum Gasteiger partial charge on any atom is -0.508 e. The average Bonchev–Trinajstić information content (AvgIpc) is 3.24. The Morgan fingerprint density at radius 2 is 1.88 bits per heavy atom. The van der Waals surface area contributed by atoms with Crippen molar-refractivity contribution in [3.8, 4) is 5.75 Å². The van der Waals surface area contributed by atoms with E-state index in [9.17, 15) is 5.11 Å². The van der Waals surface area contributed by atoms with Gasteiger partial charge in [0.15, 0.2) is 0 Å². The summed E-state index contributed by atoms with van der Waals surface area (Å²) in [6.07, 6.45) is 7.98. The van der Waals surface area contributed by atoms with E-state index < -0.39 is 0 Å². The molecule has 2 N–H and O–H groups in total. The first-order valence-electron chi connectivity index (χ1n) is 9.84. The first kappa shape index (κ1) is 17.6. The van der Waals surface area contributed by atoms with E-state index in [2.05, 4.69) is 27.4 Å². The number of hydrogen-bond acceptors (Lipinski definition) is 3. The van der Waals surface area contributed by atoms with Gasteiger partial charge in [0.2, 0.25) is 0 Å². The van der Waals surface area contributed by atoms with Gasteiger partial charge in [0, 0.05) is 18.8 Å². The Morgan fingerprint density at radius 1 is 1.08 bits per heavy atom. The van der Waals surface area contributed by atoms with Crippen molar-refractivity contribution < 1.29 is 5.11 Å². The highest BCUT2D eigenvalue weighted by atomic mass is 32.1. The van der Waals surface area contributed by atoms with Crippen molar-refractivity contribution in [3.05, 3.63) is 53.0 Å². The fraction of sp³-hybridized carbons (Fsp3) is 0.455. The minimum atomic E-state index is 0.335. The molecule has 2 heterocycles. The Balaban J connectivity index is 1.38. The van der Waals surface area contributed by atoms with Crippen molar-refractivity contribution in [3.63, 3.8) is 0 Å². The summed E-state index contributed by atoms with van der Waals surface area (Å²) >= 11 is 1.85. The highest BCUT2D eigenvalue weighted by Crippen LogP contribution is 2.30. The Kier molecular flexibility index (Phi) is 5.61. The molecule has 1 saturated carbocycles.